The lowest BCUT2D eigenvalue weighted by molar-refractivity contribution is -0.131. The highest BCUT2D eigenvalue weighted by Crippen LogP contribution is 2.24. The predicted molar refractivity (Wildman–Crippen MR) is 68.6 cm³/mol. The van der Waals surface area contributed by atoms with Crippen LogP contribution in [-0.4, -0.2) is 70.2 Å². The summed E-state index contributed by atoms with van der Waals surface area (Å²) < 4.78 is 29.9. The maximum atomic E-state index is 11.7. The number of hydrogen-bond donors (Lipinski definition) is 0. The monoisotopic (exact) mass is 278 g/mol. The predicted octanol–water partition coefficient (Wildman–Crippen LogP) is -0.239. The molecule has 0 N–H and O–H groups in total. The van der Waals surface area contributed by atoms with Crippen LogP contribution in [0, 0.1) is 5.92 Å². The molecule has 0 spiro atoms. The van der Waals surface area contributed by atoms with Crippen molar-refractivity contribution in [2.45, 2.75) is 18.9 Å². The second-order valence-electron chi connectivity index (χ2n) is 4.94. The van der Waals surface area contributed by atoms with E-state index in [2.05, 4.69) is 0 Å². The highest BCUT2D eigenvalue weighted by Gasteiger charge is 2.34. The molecule has 1 aliphatic heterocycles. The Kier molecular flexibility index (Phi) is 5.12. The van der Waals surface area contributed by atoms with Crippen molar-refractivity contribution in [3.05, 3.63) is 0 Å². The first-order valence-electron chi connectivity index (χ1n) is 5.93. The van der Waals surface area contributed by atoms with Gasteiger partial charge in [0.05, 0.1) is 12.4 Å². The topological polar surface area (TPSA) is 66.9 Å². The minimum Gasteiger partial charge on any atom is -0.381 e. The molecule has 0 aromatic heterocycles. The number of rotatable bonds is 4. The van der Waals surface area contributed by atoms with Gasteiger partial charge in [0.2, 0.25) is 15.9 Å². The summed E-state index contributed by atoms with van der Waals surface area (Å²) in [5.41, 5.74) is 0. The molecule has 0 saturated carbocycles. The Hall–Kier alpha value is -0.660. The van der Waals surface area contributed by atoms with Crippen LogP contribution in [0.25, 0.3) is 0 Å². The van der Waals surface area contributed by atoms with Crippen LogP contribution >= 0.6 is 0 Å². The summed E-state index contributed by atoms with van der Waals surface area (Å²) in [7, 11) is 1.80. The van der Waals surface area contributed by atoms with E-state index in [1.807, 2.05) is 0 Å². The van der Waals surface area contributed by atoms with Crippen LogP contribution in [0.15, 0.2) is 0 Å². The van der Waals surface area contributed by atoms with Gasteiger partial charge in [-0.3, -0.25) is 4.79 Å². The molecular weight excluding hydrogens is 256 g/mol. The van der Waals surface area contributed by atoms with Crippen molar-refractivity contribution in [3.8, 4) is 0 Å². The molecule has 18 heavy (non-hydrogen) atoms. The molecule has 0 unspecified atom stereocenters. The lowest BCUT2D eigenvalue weighted by Crippen LogP contribution is -2.47. The average Bonchev–Trinajstić information content (AvgIpc) is 2.27. The third-order valence-electron chi connectivity index (χ3n) is 3.33. The van der Waals surface area contributed by atoms with Crippen molar-refractivity contribution in [2.24, 2.45) is 5.92 Å². The quantitative estimate of drug-likeness (QED) is 0.712. The van der Waals surface area contributed by atoms with Crippen LogP contribution in [0.1, 0.15) is 12.8 Å². The maximum absolute atomic E-state index is 11.7. The number of ether oxygens (including phenoxy) is 1. The number of hydrogen-bond acceptors (Lipinski definition) is 4. The summed E-state index contributed by atoms with van der Waals surface area (Å²) >= 11 is 0. The molecule has 1 fully saturated rings. The lowest BCUT2D eigenvalue weighted by atomic mass is 9.92. The van der Waals surface area contributed by atoms with E-state index < -0.39 is 10.0 Å². The SMILES string of the molecule is CO[C@@H]1CCN(S(C)(=O)=O)C[C@H]1CC(=O)N(C)C. The minimum absolute atomic E-state index is 0.00241. The van der Waals surface area contributed by atoms with Gasteiger partial charge in [0.15, 0.2) is 0 Å². The molecule has 0 bridgehead atoms. The van der Waals surface area contributed by atoms with E-state index in [4.69, 9.17) is 4.74 Å². The van der Waals surface area contributed by atoms with Crippen molar-refractivity contribution in [1.82, 2.24) is 9.21 Å². The molecule has 0 radical (unpaired) electrons. The fraction of sp³-hybridized carbons (Fsp3) is 0.909. The Bertz CT molecular complexity index is 394. The fourth-order valence-corrected chi connectivity index (χ4v) is 3.09. The van der Waals surface area contributed by atoms with E-state index in [0.29, 0.717) is 25.9 Å². The zero-order valence-electron chi connectivity index (χ0n) is 11.4. The second-order valence-corrected chi connectivity index (χ2v) is 6.92. The van der Waals surface area contributed by atoms with Gasteiger partial charge in [0.25, 0.3) is 0 Å². The fourth-order valence-electron chi connectivity index (χ4n) is 2.19. The van der Waals surface area contributed by atoms with Gasteiger partial charge in [-0.25, -0.2) is 12.7 Å². The number of amides is 1. The van der Waals surface area contributed by atoms with Gasteiger partial charge in [-0.05, 0) is 6.42 Å². The first-order valence-corrected chi connectivity index (χ1v) is 7.78. The van der Waals surface area contributed by atoms with Gasteiger partial charge < -0.3 is 9.64 Å². The molecule has 0 aliphatic carbocycles. The van der Waals surface area contributed by atoms with E-state index in [-0.39, 0.29) is 17.9 Å². The number of piperidine rings is 1. The number of carbonyl (C=O) groups is 1. The Balaban J connectivity index is 2.74. The van der Waals surface area contributed by atoms with Gasteiger partial charge in [0.1, 0.15) is 0 Å². The van der Waals surface area contributed by atoms with Crippen LogP contribution in [-0.2, 0) is 19.6 Å². The first-order chi connectivity index (χ1) is 8.25. The summed E-state index contributed by atoms with van der Waals surface area (Å²) in [6.45, 7) is 0.820. The van der Waals surface area contributed by atoms with Gasteiger partial charge in [0, 0.05) is 46.6 Å². The molecule has 7 heteroatoms. The third-order valence-corrected chi connectivity index (χ3v) is 4.60. The summed E-state index contributed by atoms with van der Waals surface area (Å²) in [5.74, 6) is -0.0780. The summed E-state index contributed by atoms with van der Waals surface area (Å²) in [4.78, 5) is 13.3. The largest absolute Gasteiger partial charge is 0.381 e. The summed E-state index contributed by atoms with van der Waals surface area (Å²) in [5, 5.41) is 0. The molecule has 0 aromatic rings. The Labute approximate surface area is 109 Å². The van der Waals surface area contributed by atoms with Crippen LogP contribution in [0.2, 0.25) is 0 Å². The van der Waals surface area contributed by atoms with Gasteiger partial charge >= 0.3 is 0 Å². The molecule has 1 rings (SSSR count). The van der Waals surface area contributed by atoms with Gasteiger partial charge in [-0.1, -0.05) is 0 Å². The molecule has 0 aromatic carbocycles. The smallest absolute Gasteiger partial charge is 0.222 e. The number of nitrogens with zero attached hydrogens (tertiary/aromatic N) is 2. The molecular formula is C11H22N2O4S. The van der Waals surface area contributed by atoms with E-state index in [9.17, 15) is 13.2 Å². The molecule has 1 amide bonds. The summed E-state index contributed by atoms with van der Waals surface area (Å²) in [6.07, 6.45) is 2.10. The zero-order valence-corrected chi connectivity index (χ0v) is 12.2. The summed E-state index contributed by atoms with van der Waals surface area (Å²) in [6, 6.07) is 0. The van der Waals surface area contributed by atoms with Crippen LogP contribution in [0.5, 0.6) is 0 Å². The van der Waals surface area contributed by atoms with Crippen molar-refractivity contribution in [1.29, 1.82) is 0 Å². The molecule has 1 heterocycles. The minimum atomic E-state index is -3.19. The van der Waals surface area contributed by atoms with E-state index >= 15 is 0 Å². The Morgan fingerprint density at radius 1 is 1.44 bits per heavy atom. The Morgan fingerprint density at radius 3 is 2.50 bits per heavy atom. The van der Waals surface area contributed by atoms with Crippen LogP contribution in [0.4, 0.5) is 0 Å². The second kappa shape index (κ2) is 5.99. The molecule has 1 aliphatic rings. The van der Waals surface area contributed by atoms with E-state index in [1.54, 1.807) is 21.2 Å². The van der Waals surface area contributed by atoms with E-state index in [1.165, 1.54) is 15.5 Å². The number of carbonyl (C=O) groups excluding carboxylic acids is 1. The normalized spacial score (nSPS) is 26.0. The molecule has 6 nitrogen and oxygen atoms in total. The van der Waals surface area contributed by atoms with Crippen LogP contribution < -0.4 is 0 Å². The number of methoxy groups -OCH3 is 1. The lowest BCUT2D eigenvalue weighted by Gasteiger charge is -2.36. The van der Waals surface area contributed by atoms with Crippen molar-refractivity contribution < 1.29 is 17.9 Å². The van der Waals surface area contributed by atoms with Crippen molar-refractivity contribution in [2.75, 3.05) is 40.6 Å². The first kappa shape index (κ1) is 15.4. The Morgan fingerprint density at radius 2 is 2.06 bits per heavy atom. The van der Waals surface area contributed by atoms with E-state index in [0.717, 1.165) is 0 Å². The zero-order chi connectivity index (χ0) is 13.9. The van der Waals surface area contributed by atoms with Crippen LogP contribution in [0.3, 0.4) is 0 Å². The van der Waals surface area contributed by atoms with Crippen molar-refractivity contribution in [3.63, 3.8) is 0 Å². The standard InChI is InChI=1S/C11H22N2O4S/c1-12(2)11(14)7-9-8-13(18(4,15)16)6-5-10(9)17-3/h9-10H,5-8H2,1-4H3/t9-,10-/m1/s1. The molecule has 2 atom stereocenters. The highest BCUT2D eigenvalue weighted by atomic mass is 32.2. The highest BCUT2D eigenvalue weighted by molar-refractivity contribution is 7.88. The van der Waals surface area contributed by atoms with Crippen molar-refractivity contribution >= 4 is 15.9 Å². The molecule has 1 saturated heterocycles. The number of sulfonamides is 1. The molecule has 106 valence electrons. The maximum Gasteiger partial charge on any atom is 0.222 e. The average molecular weight is 278 g/mol. The third kappa shape index (κ3) is 3.93. The van der Waals surface area contributed by atoms with Gasteiger partial charge in [-0.15, -0.1) is 0 Å². The van der Waals surface area contributed by atoms with Gasteiger partial charge in [-0.2, -0.15) is 0 Å².